The van der Waals surface area contributed by atoms with Crippen LogP contribution >= 0.6 is 0 Å². The maximum atomic E-state index is 14.0. The van der Waals surface area contributed by atoms with Crippen LogP contribution in [0.4, 0.5) is 13.2 Å². The van der Waals surface area contributed by atoms with Crippen LogP contribution in [0, 0.1) is 17.5 Å². The molecule has 2 aliphatic heterocycles. The molecular formula is C21H22F3NO. The van der Waals surface area contributed by atoms with Crippen LogP contribution in [0.1, 0.15) is 36.8 Å². The SMILES string of the molecule is OC1(Cc2ccc(F)c(F)c2F)CC2CCC(C1)N2Cc1ccccc1. The third-order valence-electron chi connectivity index (χ3n) is 5.84. The van der Waals surface area contributed by atoms with Crippen LogP contribution in [0.25, 0.3) is 0 Å². The van der Waals surface area contributed by atoms with Crippen LogP contribution in [0.5, 0.6) is 0 Å². The van der Waals surface area contributed by atoms with Crippen molar-refractivity contribution in [3.8, 4) is 0 Å². The Balaban J connectivity index is 1.50. The number of hydrogen-bond donors (Lipinski definition) is 1. The van der Waals surface area contributed by atoms with Gasteiger partial charge < -0.3 is 5.11 Å². The van der Waals surface area contributed by atoms with Crippen molar-refractivity contribution in [3.05, 3.63) is 71.0 Å². The number of aliphatic hydroxyl groups is 1. The Morgan fingerprint density at radius 3 is 2.23 bits per heavy atom. The highest BCUT2D eigenvalue weighted by Gasteiger charge is 2.47. The lowest BCUT2D eigenvalue weighted by Crippen LogP contribution is -2.51. The number of hydrogen-bond acceptors (Lipinski definition) is 2. The summed E-state index contributed by atoms with van der Waals surface area (Å²) in [5, 5.41) is 11.1. The van der Waals surface area contributed by atoms with E-state index in [-0.39, 0.29) is 24.1 Å². The summed E-state index contributed by atoms with van der Waals surface area (Å²) in [5.74, 6) is -3.84. The smallest absolute Gasteiger partial charge is 0.194 e. The minimum Gasteiger partial charge on any atom is -0.389 e. The van der Waals surface area contributed by atoms with E-state index in [0.29, 0.717) is 12.8 Å². The summed E-state index contributed by atoms with van der Waals surface area (Å²) in [5.41, 5.74) is 0.202. The quantitative estimate of drug-likeness (QED) is 0.825. The zero-order valence-electron chi connectivity index (χ0n) is 14.5. The molecule has 0 amide bonds. The minimum absolute atomic E-state index is 0.0161. The van der Waals surface area contributed by atoms with Crippen molar-refractivity contribution >= 4 is 0 Å². The molecule has 0 aliphatic carbocycles. The van der Waals surface area contributed by atoms with Gasteiger partial charge in [-0.05, 0) is 42.9 Å². The Morgan fingerprint density at radius 2 is 1.58 bits per heavy atom. The van der Waals surface area contributed by atoms with Gasteiger partial charge >= 0.3 is 0 Å². The second kappa shape index (κ2) is 6.71. The molecule has 0 saturated carbocycles. The van der Waals surface area contributed by atoms with Gasteiger partial charge in [0.1, 0.15) is 0 Å². The molecule has 5 heteroatoms. The van der Waals surface area contributed by atoms with E-state index in [1.807, 2.05) is 18.2 Å². The molecule has 26 heavy (non-hydrogen) atoms. The molecule has 2 unspecified atom stereocenters. The third kappa shape index (κ3) is 3.26. The molecule has 2 heterocycles. The summed E-state index contributed by atoms with van der Waals surface area (Å²) in [6, 6.07) is 12.8. The van der Waals surface area contributed by atoms with E-state index in [0.717, 1.165) is 25.5 Å². The predicted octanol–water partition coefficient (Wildman–Crippen LogP) is 4.20. The van der Waals surface area contributed by atoms with E-state index in [1.165, 1.54) is 11.6 Å². The first-order valence-electron chi connectivity index (χ1n) is 9.10. The Labute approximate surface area is 151 Å². The minimum atomic E-state index is -1.46. The summed E-state index contributed by atoms with van der Waals surface area (Å²) >= 11 is 0. The molecule has 2 bridgehead atoms. The fourth-order valence-electron chi connectivity index (χ4n) is 4.67. The standard InChI is InChI=1S/C21H22F3NO/c22-18-9-6-15(19(23)20(18)24)10-21(26)11-16-7-8-17(12-21)25(16)13-14-4-2-1-3-5-14/h1-6,9,16-17,26H,7-8,10-13H2. The molecule has 2 nitrogen and oxygen atoms in total. The molecule has 2 aromatic carbocycles. The van der Waals surface area contributed by atoms with Crippen molar-refractivity contribution in [2.45, 2.75) is 56.3 Å². The van der Waals surface area contributed by atoms with Gasteiger partial charge in [0.15, 0.2) is 17.5 Å². The molecular weight excluding hydrogens is 339 g/mol. The van der Waals surface area contributed by atoms with Crippen LogP contribution in [-0.4, -0.2) is 27.7 Å². The first-order chi connectivity index (χ1) is 12.5. The Kier molecular flexibility index (Phi) is 4.53. The molecule has 0 radical (unpaired) electrons. The molecule has 0 aromatic heterocycles. The molecule has 2 aliphatic rings. The maximum absolute atomic E-state index is 14.0. The van der Waals surface area contributed by atoms with Crippen molar-refractivity contribution in [1.29, 1.82) is 0 Å². The van der Waals surface area contributed by atoms with Crippen molar-refractivity contribution in [2.24, 2.45) is 0 Å². The summed E-state index contributed by atoms with van der Waals surface area (Å²) in [7, 11) is 0. The predicted molar refractivity (Wildman–Crippen MR) is 93.0 cm³/mol. The van der Waals surface area contributed by atoms with Gasteiger partial charge in [0, 0.05) is 25.0 Å². The largest absolute Gasteiger partial charge is 0.389 e. The summed E-state index contributed by atoms with van der Waals surface area (Å²) in [6.07, 6.45) is 3.06. The van der Waals surface area contributed by atoms with Gasteiger partial charge in [-0.15, -0.1) is 0 Å². The molecule has 4 rings (SSSR count). The van der Waals surface area contributed by atoms with Gasteiger partial charge in [-0.2, -0.15) is 0 Å². The van der Waals surface area contributed by atoms with Gasteiger partial charge in [-0.25, -0.2) is 13.2 Å². The monoisotopic (exact) mass is 361 g/mol. The summed E-state index contributed by atoms with van der Waals surface area (Å²) in [4.78, 5) is 2.42. The van der Waals surface area contributed by atoms with Crippen LogP contribution in [0.3, 0.4) is 0 Å². The zero-order chi connectivity index (χ0) is 18.3. The first-order valence-corrected chi connectivity index (χ1v) is 9.10. The molecule has 138 valence electrons. The normalized spacial score (nSPS) is 28.5. The van der Waals surface area contributed by atoms with Gasteiger partial charge in [-0.3, -0.25) is 4.90 Å². The van der Waals surface area contributed by atoms with Crippen molar-refractivity contribution in [2.75, 3.05) is 0 Å². The lowest BCUT2D eigenvalue weighted by atomic mass is 9.81. The number of benzene rings is 2. The van der Waals surface area contributed by atoms with Crippen molar-refractivity contribution in [3.63, 3.8) is 0 Å². The van der Waals surface area contributed by atoms with Crippen LogP contribution in [-0.2, 0) is 13.0 Å². The van der Waals surface area contributed by atoms with Gasteiger partial charge in [-0.1, -0.05) is 36.4 Å². The van der Waals surface area contributed by atoms with E-state index in [2.05, 4.69) is 17.0 Å². The topological polar surface area (TPSA) is 23.5 Å². The highest BCUT2D eigenvalue weighted by atomic mass is 19.2. The average molecular weight is 361 g/mol. The number of fused-ring (bicyclic) bond motifs is 2. The van der Waals surface area contributed by atoms with E-state index in [1.54, 1.807) is 0 Å². The average Bonchev–Trinajstić information content (AvgIpc) is 2.87. The Hall–Kier alpha value is -1.85. The molecule has 1 N–H and O–H groups in total. The molecule has 2 aromatic rings. The lowest BCUT2D eigenvalue weighted by Gasteiger charge is -2.44. The number of rotatable bonds is 4. The summed E-state index contributed by atoms with van der Waals surface area (Å²) in [6.45, 7) is 0.839. The highest BCUT2D eigenvalue weighted by Crippen LogP contribution is 2.43. The Bertz CT molecular complexity index is 781. The summed E-state index contributed by atoms with van der Waals surface area (Å²) < 4.78 is 40.7. The molecule has 2 atom stereocenters. The molecule has 0 spiro atoms. The van der Waals surface area contributed by atoms with Gasteiger partial charge in [0.25, 0.3) is 0 Å². The Morgan fingerprint density at radius 1 is 0.923 bits per heavy atom. The van der Waals surface area contributed by atoms with Crippen molar-refractivity contribution in [1.82, 2.24) is 4.90 Å². The van der Waals surface area contributed by atoms with Crippen LogP contribution in [0.15, 0.2) is 42.5 Å². The molecule has 2 saturated heterocycles. The second-order valence-electron chi connectivity index (χ2n) is 7.69. The maximum Gasteiger partial charge on any atom is 0.194 e. The lowest BCUT2D eigenvalue weighted by molar-refractivity contribution is -0.0545. The van der Waals surface area contributed by atoms with E-state index < -0.39 is 23.1 Å². The number of piperidine rings is 1. The fourth-order valence-corrected chi connectivity index (χ4v) is 4.67. The highest BCUT2D eigenvalue weighted by molar-refractivity contribution is 5.23. The zero-order valence-corrected chi connectivity index (χ0v) is 14.5. The second-order valence-corrected chi connectivity index (χ2v) is 7.69. The number of halogens is 3. The van der Waals surface area contributed by atoms with Crippen LogP contribution in [0.2, 0.25) is 0 Å². The fraction of sp³-hybridized carbons (Fsp3) is 0.429. The van der Waals surface area contributed by atoms with Gasteiger partial charge in [0.05, 0.1) is 5.60 Å². The number of nitrogens with zero attached hydrogens (tertiary/aromatic N) is 1. The van der Waals surface area contributed by atoms with Gasteiger partial charge in [0.2, 0.25) is 0 Å². The molecule has 2 fully saturated rings. The van der Waals surface area contributed by atoms with Crippen molar-refractivity contribution < 1.29 is 18.3 Å². The van der Waals surface area contributed by atoms with E-state index >= 15 is 0 Å². The van der Waals surface area contributed by atoms with E-state index in [4.69, 9.17) is 0 Å². The van der Waals surface area contributed by atoms with E-state index in [9.17, 15) is 18.3 Å². The van der Waals surface area contributed by atoms with Crippen LogP contribution < -0.4 is 0 Å². The first kappa shape index (κ1) is 17.6. The third-order valence-corrected chi connectivity index (χ3v) is 5.84.